The maximum absolute atomic E-state index is 13.4. The van der Waals surface area contributed by atoms with Crippen molar-refractivity contribution in [1.29, 1.82) is 0 Å². The number of amides is 1. The van der Waals surface area contributed by atoms with Crippen molar-refractivity contribution in [3.8, 4) is 0 Å². The first-order chi connectivity index (χ1) is 14.6. The van der Waals surface area contributed by atoms with Crippen LogP contribution in [0.1, 0.15) is 11.1 Å². The van der Waals surface area contributed by atoms with Crippen LogP contribution in [0.15, 0.2) is 83.5 Å². The molecule has 1 amide bonds. The molecule has 2 heterocycles. The van der Waals surface area contributed by atoms with Gasteiger partial charge in [0.15, 0.2) is 5.13 Å². The summed E-state index contributed by atoms with van der Waals surface area (Å²) in [4.78, 5) is 24.2. The Labute approximate surface area is 186 Å². The zero-order valence-electron chi connectivity index (χ0n) is 15.4. The van der Waals surface area contributed by atoms with Crippen molar-refractivity contribution in [1.82, 2.24) is 4.98 Å². The van der Waals surface area contributed by atoms with Crippen molar-refractivity contribution >= 4 is 67.7 Å². The van der Waals surface area contributed by atoms with Crippen molar-refractivity contribution in [2.75, 3.05) is 4.90 Å². The Kier molecular flexibility index (Phi) is 4.87. The molecule has 0 spiro atoms. The van der Waals surface area contributed by atoms with Crippen LogP contribution in [0.25, 0.3) is 16.3 Å². The highest BCUT2D eigenvalue weighted by atomic mass is 35.5. The van der Waals surface area contributed by atoms with Gasteiger partial charge < -0.3 is 0 Å². The molecule has 7 heteroatoms. The van der Waals surface area contributed by atoms with E-state index in [0.29, 0.717) is 26.7 Å². The van der Waals surface area contributed by atoms with E-state index in [4.69, 9.17) is 23.2 Å². The van der Waals surface area contributed by atoms with Crippen LogP contribution in [-0.2, 0) is 4.79 Å². The van der Waals surface area contributed by atoms with Crippen LogP contribution >= 0.6 is 34.5 Å². The molecule has 1 aliphatic heterocycles. The lowest BCUT2D eigenvalue weighted by molar-refractivity contribution is -0.113. The van der Waals surface area contributed by atoms with Crippen molar-refractivity contribution < 1.29 is 4.79 Å². The zero-order chi connectivity index (χ0) is 20.7. The van der Waals surface area contributed by atoms with Crippen molar-refractivity contribution in [3.63, 3.8) is 0 Å². The van der Waals surface area contributed by atoms with Crippen LogP contribution in [-0.4, -0.2) is 16.7 Å². The Bertz CT molecular complexity index is 1350. The molecule has 0 aliphatic carbocycles. The molecule has 0 fully saturated rings. The minimum atomic E-state index is -0.251. The summed E-state index contributed by atoms with van der Waals surface area (Å²) in [6, 6.07) is 22.4. The third-order valence-corrected chi connectivity index (χ3v) is 6.22. The number of hydrogen-bond acceptors (Lipinski definition) is 4. The van der Waals surface area contributed by atoms with E-state index in [2.05, 4.69) is 9.98 Å². The minimum absolute atomic E-state index is 0.251. The van der Waals surface area contributed by atoms with Crippen molar-refractivity contribution in [2.45, 2.75) is 0 Å². The summed E-state index contributed by atoms with van der Waals surface area (Å²) in [6.07, 6.45) is 1.71. The molecule has 0 saturated heterocycles. The summed E-state index contributed by atoms with van der Waals surface area (Å²) in [5.41, 5.74) is 2.60. The fourth-order valence-electron chi connectivity index (χ4n) is 3.20. The number of anilines is 1. The van der Waals surface area contributed by atoms with E-state index in [0.717, 1.165) is 21.3 Å². The molecule has 4 aromatic rings. The monoisotopic (exact) mass is 449 g/mol. The molecule has 4 nitrogen and oxygen atoms in total. The van der Waals surface area contributed by atoms with E-state index in [9.17, 15) is 4.79 Å². The number of rotatable bonds is 3. The highest BCUT2D eigenvalue weighted by molar-refractivity contribution is 7.22. The van der Waals surface area contributed by atoms with E-state index in [1.54, 1.807) is 23.1 Å². The number of carbonyl (C=O) groups excluding carboxylic acids is 1. The Balaban J connectivity index is 1.66. The van der Waals surface area contributed by atoms with Gasteiger partial charge in [0, 0.05) is 15.6 Å². The number of hydrogen-bond donors (Lipinski definition) is 0. The Morgan fingerprint density at radius 3 is 2.50 bits per heavy atom. The van der Waals surface area contributed by atoms with Gasteiger partial charge in [0.2, 0.25) is 0 Å². The number of fused-ring (bicyclic) bond motifs is 1. The van der Waals surface area contributed by atoms with Gasteiger partial charge in [0.1, 0.15) is 11.5 Å². The average Bonchev–Trinajstić information content (AvgIpc) is 3.30. The minimum Gasteiger partial charge on any atom is -0.266 e. The van der Waals surface area contributed by atoms with Crippen molar-refractivity contribution in [3.05, 3.63) is 99.7 Å². The summed E-state index contributed by atoms with van der Waals surface area (Å²) < 4.78 is 0.943. The van der Waals surface area contributed by atoms with Gasteiger partial charge in [-0.25, -0.2) is 14.9 Å². The Hall–Kier alpha value is -2.99. The van der Waals surface area contributed by atoms with Gasteiger partial charge in [0.05, 0.1) is 10.2 Å². The molecule has 3 aromatic carbocycles. The molecule has 1 aliphatic rings. The van der Waals surface area contributed by atoms with E-state index >= 15 is 0 Å². The first kappa shape index (κ1) is 19.0. The third-order valence-electron chi connectivity index (χ3n) is 4.62. The second-order valence-electron chi connectivity index (χ2n) is 6.60. The van der Waals surface area contributed by atoms with Gasteiger partial charge in [-0.2, -0.15) is 0 Å². The summed E-state index contributed by atoms with van der Waals surface area (Å²) in [5, 5.41) is 1.70. The normalized spacial score (nSPS) is 15.3. The van der Waals surface area contributed by atoms with Crippen LogP contribution < -0.4 is 4.90 Å². The number of amidine groups is 1. The maximum atomic E-state index is 13.4. The molecule has 0 unspecified atom stereocenters. The van der Waals surface area contributed by atoms with Gasteiger partial charge in [-0.1, -0.05) is 83.1 Å². The number of carbonyl (C=O) groups is 1. The van der Waals surface area contributed by atoms with E-state index in [1.165, 1.54) is 11.3 Å². The van der Waals surface area contributed by atoms with Gasteiger partial charge in [-0.3, -0.25) is 4.79 Å². The van der Waals surface area contributed by atoms with Gasteiger partial charge in [-0.05, 0) is 35.9 Å². The lowest BCUT2D eigenvalue weighted by Gasteiger charge is -2.14. The number of halogens is 2. The largest absolute Gasteiger partial charge is 0.284 e. The molecule has 0 atom stereocenters. The van der Waals surface area contributed by atoms with Crippen LogP contribution in [0.2, 0.25) is 10.0 Å². The quantitative estimate of drug-likeness (QED) is 0.338. The van der Waals surface area contributed by atoms with Crippen LogP contribution in [0.4, 0.5) is 5.13 Å². The number of benzene rings is 3. The molecule has 0 N–H and O–H groups in total. The fraction of sp³-hybridized carbons (Fsp3) is 0. The summed E-state index contributed by atoms with van der Waals surface area (Å²) in [7, 11) is 0. The SMILES string of the molecule is O=C1C(=Cc2ccccc2Cl)N=C(c2ccccc2)N1c1nc2cc(Cl)ccc2s1. The van der Waals surface area contributed by atoms with Crippen LogP contribution in [0.3, 0.4) is 0 Å². The maximum Gasteiger partial charge on any atom is 0.284 e. The summed E-state index contributed by atoms with van der Waals surface area (Å²) in [5.74, 6) is 0.281. The second-order valence-corrected chi connectivity index (χ2v) is 8.45. The highest BCUT2D eigenvalue weighted by Crippen LogP contribution is 2.35. The first-order valence-corrected chi connectivity index (χ1v) is 10.7. The first-order valence-electron chi connectivity index (χ1n) is 9.11. The molecule has 5 rings (SSSR count). The molecular weight excluding hydrogens is 437 g/mol. The van der Waals surface area contributed by atoms with E-state index < -0.39 is 0 Å². The number of nitrogens with zero attached hydrogens (tertiary/aromatic N) is 3. The predicted molar refractivity (Wildman–Crippen MR) is 125 cm³/mol. The summed E-state index contributed by atoms with van der Waals surface area (Å²) >= 11 is 13.8. The fourth-order valence-corrected chi connectivity index (χ4v) is 4.50. The molecule has 0 bridgehead atoms. The van der Waals surface area contributed by atoms with Gasteiger partial charge >= 0.3 is 0 Å². The van der Waals surface area contributed by atoms with Crippen molar-refractivity contribution in [2.24, 2.45) is 4.99 Å². The smallest absolute Gasteiger partial charge is 0.266 e. The molecule has 1 aromatic heterocycles. The summed E-state index contributed by atoms with van der Waals surface area (Å²) in [6.45, 7) is 0. The molecule has 146 valence electrons. The predicted octanol–water partition coefficient (Wildman–Crippen LogP) is 6.44. The van der Waals surface area contributed by atoms with E-state index in [-0.39, 0.29) is 5.91 Å². The number of thiazole rings is 1. The molecular formula is C23H13Cl2N3OS. The van der Waals surface area contributed by atoms with Crippen LogP contribution in [0.5, 0.6) is 0 Å². The Morgan fingerprint density at radius 2 is 1.70 bits per heavy atom. The van der Waals surface area contributed by atoms with Crippen LogP contribution in [0, 0.1) is 0 Å². The Morgan fingerprint density at radius 1 is 0.933 bits per heavy atom. The standard InChI is InChI=1S/C23H13Cl2N3OS/c24-16-10-11-20-18(13-16)27-23(30-20)28-21(14-6-2-1-3-7-14)26-19(22(28)29)12-15-8-4-5-9-17(15)25/h1-13H. The van der Waals surface area contributed by atoms with E-state index in [1.807, 2.05) is 60.7 Å². The lowest BCUT2D eigenvalue weighted by atomic mass is 10.2. The highest BCUT2D eigenvalue weighted by Gasteiger charge is 2.34. The van der Waals surface area contributed by atoms with Gasteiger partial charge in [-0.15, -0.1) is 0 Å². The lowest BCUT2D eigenvalue weighted by Crippen LogP contribution is -2.32. The number of aliphatic imine (C=N–C) groups is 1. The molecule has 30 heavy (non-hydrogen) atoms. The topological polar surface area (TPSA) is 45.6 Å². The average molecular weight is 450 g/mol. The third kappa shape index (κ3) is 3.41. The second kappa shape index (κ2) is 7.69. The van der Waals surface area contributed by atoms with Gasteiger partial charge in [0.25, 0.3) is 5.91 Å². The number of aromatic nitrogens is 1. The molecule has 0 saturated carbocycles. The zero-order valence-corrected chi connectivity index (χ0v) is 17.7. The molecule has 0 radical (unpaired) electrons.